The zero-order chi connectivity index (χ0) is 27.5. The van der Waals surface area contributed by atoms with Crippen molar-refractivity contribution in [1.82, 2.24) is 15.5 Å². The van der Waals surface area contributed by atoms with E-state index in [1.54, 1.807) is 0 Å². The van der Waals surface area contributed by atoms with E-state index in [2.05, 4.69) is 105 Å². The van der Waals surface area contributed by atoms with Gasteiger partial charge in [-0.15, -0.1) is 0 Å². The average molecular weight is 509 g/mol. The van der Waals surface area contributed by atoms with E-state index >= 15 is 0 Å². The molecule has 0 fully saturated rings. The number of nitrogen functional groups attached to an aromatic ring is 1. The molecule has 0 aromatic heterocycles. The highest BCUT2D eigenvalue weighted by atomic mass is 15.2. The molecule has 38 heavy (non-hydrogen) atoms. The summed E-state index contributed by atoms with van der Waals surface area (Å²) in [6.45, 7) is 22.3. The Morgan fingerprint density at radius 1 is 0.947 bits per heavy atom. The highest BCUT2D eigenvalue weighted by Crippen LogP contribution is 2.31. The fourth-order valence-corrected chi connectivity index (χ4v) is 4.62. The molecule has 0 aliphatic carbocycles. The zero-order valence-corrected chi connectivity index (χ0v) is 23.3. The molecule has 0 heterocycles. The molecule has 0 saturated heterocycles. The molecule has 2 atom stereocenters. The third-order valence-electron chi connectivity index (χ3n) is 7.11. The van der Waals surface area contributed by atoms with Crippen LogP contribution in [0.25, 0.3) is 5.70 Å². The first-order chi connectivity index (χ1) is 18.3. The summed E-state index contributed by atoms with van der Waals surface area (Å²) in [7, 11) is 0. The Morgan fingerprint density at radius 2 is 1.66 bits per heavy atom. The second-order valence-electron chi connectivity index (χ2n) is 10.1. The van der Waals surface area contributed by atoms with Gasteiger partial charge in [-0.1, -0.05) is 107 Å². The van der Waals surface area contributed by atoms with E-state index < -0.39 is 0 Å². The smallest absolute Gasteiger partial charge is 0.0593 e. The van der Waals surface area contributed by atoms with Crippen LogP contribution < -0.4 is 16.4 Å². The second-order valence-corrected chi connectivity index (χ2v) is 10.1. The number of aryl methyl sites for hydroxylation is 1. The van der Waals surface area contributed by atoms with Gasteiger partial charge in [0.05, 0.1) is 12.6 Å². The summed E-state index contributed by atoms with van der Waals surface area (Å²) in [5.41, 5.74) is 14.4. The quantitative estimate of drug-likeness (QED) is 0.187. The average Bonchev–Trinajstić information content (AvgIpc) is 2.93. The molecule has 0 amide bonds. The first-order valence-electron chi connectivity index (χ1n) is 13.6. The van der Waals surface area contributed by atoms with Gasteiger partial charge in [-0.3, -0.25) is 0 Å². The van der Waals surface area contributed by atoms with Crippen molar-refractivity contribution in [2.24, 2.45) is 5.92 Å². The maximum absolute atomic E-state index is 6.05. The van der Waals surface area contributed by atoms with Gasteiger partial charge in [0, 0.05) is 41.8 Å². The van der Waals surface area contributed by atoms with Crippen molar-refractivity contribution < 1.29 is 0 Å². The van der Waals surface area contributed by atoms with Crippen LogP contribution in [-0.2, 0) is 6.54 Å². The largest absolute Gasteiger partial charge is 0.399 e. The minimum absolute atomic E-state index is 0.00468. The molecule has 3 aromatic rings. The molecule has 0 radical (unpaired) electrons. The zero-order valence-electron chi connectivity index (χ0n) is 23.3. The number of anilines is 1. The summed E-state index contributed by atoms with van der Waals surface area (Å²) in [6, 6.07) is 26.8. The molecule has 200 valence electrons. The van der Waals surface area contributed by atoms with E-state index in [9.17, 15) is 0 Å². The predicted octanol–water partition coefficient (Wildman–Crippen LogP) is 7.43. The molecule has 0 spiro atoms. The lowest BCUT2D eigenvalue weighted by atomic mass is 9.90. The van der Waals surface area contributed by atoms with Crippen molar-refractivity contribution in [3.63, 3.8) is 0 Å². The standard InChI is InChI=1S/C34H44N4/c1-7-8-21-38(24-26(3)36-23-32-18-13-12-15-25(32)2)29(6)27(4)34(30-16-10-9-11-17-30)37-28(5)31-19-14-20-33(35)22-31/h9-20,22,27,34,36-37H,3,5-8,21,23-24,35H2,1-2,4H3. The summed E-state index contributed by atoms with van der Waals surface area (Å²) in [4.78, 5) is 2.38. The molecule has 0 aliphatic heterocycles. The van der Waals surface area contributed by atoms with Gasteiger partial charge in [-0.2, -0.15) is 0 Å². The fourth-order valence-electron chi connectivity index (χ4n) is 4.62. The van der Waals surface area contributed by atoms with E-state index in [0.717, 1.165) is 54.3 Å². The van der Waals surface area contributed by atoms with Gasteiger partial charge in [-0.25, -0.2) is 0 Å². The van der Waals surface area contributed by atoms with Crippen LogP contribution in [-0.4, -0.2) is 18.0 Å². The number of nitrogens with one attached hydrogen (secondary N) is 2. The van der Waals surface area contributed by atoms with Crippen molar-refractivity contribution in [3.05, 3.63) is 132 Å². The topological polar surface area (TPSA) is 53.3 Å². The summed E-state index contributed by atoms with van der Waals surface area (Å²) in [6.07, 6.45) is 2.21. The maximum atomic E-state index is 6.05. The van der Waals surface area contributed by atoms with Crippen molar-refractivity contribution in [2.45, 2.75) is 46.2 Å². The normalized spacial score (nSPS) is 12.3. The third kappa shape index (κ3) is 8.04. The molecule has 0 saturated carbocycles. The molecule has 4 N–H and O–H groups in total. The minimum Gasteiger partial charge on any atom is -0.399 e. The summed E-state index contributed by atoms with van der Waals surface area (Å²) >= 11 is 0. The molecule has 0 bridgehead atoms. The molecule has 3 aromatic carbocycles. The Bertz CT molecular complexity index is 1210. The fraction of sp³-hybridized carbons (Fsp3) is 0.294. The van der Waals surface area contributed by atoms with Crippen molar-refractivity contribution in [3.8, 4) is 0 Å². The highest BCUT2D eigenvalue weighted by Gasteiger charge is 2.25. The SMILES string of the molecule is C=C(CN(CCCC)C(=C)C(C)C(NC(=C)c1cccc(N)c1)c1ccccc1)NCc1ccccc1C. The molecule has 4 nitrogen and oxygen atoms in total. The van der Waals surface area contributed by atoms with Gasteiger partial charge in [0.2, 0.25) is 0 Å². The lowest BCUT2D eigenvalue weighted by Gasteiger charge is -2.36. The van der Waals surface area contributed by atoms with E-state index in [1.807, 2.05) is 30.3 Å². The van der Waals surface area contributed by atoms with Gasteiger partial charge in [0.25, 0.3) is 0 Å². The summed E-state index contributed by atoms with van der Waals surface area (Å²) < 4.78 is 0. The molecular formula is C34H44N4. The van der Waals surface area contributed by atoms with Crippen LogP contribution in [0.4, 0.5) is 5.69 Å². The highest BCUT2D eigenvalue weighted by molar-refractivity contribution is 5.65. The van der Waals surface area contributed by atoms with Crippen LogP contribution >= 0.6 is 0 Å². The number of hydrogen-bond acceptors (Lipinski definition) is 4. The Kier molecular flexibility index (Phi) is 10.7. The first kappa shape index (κ1) is 28.6. The molecular weight excluding hydrogens is 464 g/mol. The molecule has 2 unspecified atom stereocenters. The number of rotatable bonds is 15. The summed E-state index contributed by atoms with van der Waals surface area (Å²) in [5, 5.41) is 7.24. The first-order valence-corrected chi connectivity index (χ1v) is 13.6. The van der Waals surface area contributed by atoms with Gasteiger partial charge in [-0.05, 0) is 47.7 Å². The molecule has 0 aliphatic rings. The van der Waals surface area contributed by atoms with Crippen LogP contribution in [0.3, 0.4) is 0 Å². The van der Waals surface area contributed by atoms with Gasteiger partial charge < -0.3 is 21.3 Å². The van der Waals surface area contributed by atoms with Crippen LogP contribution in [0, 0.1) is 12.8 Å². The summed E-state index contributed by atoms with van der Waals surface area (Å²) in [5.74, 6) is 0.108. The number of nitrogens with zero attached hydrogens (tertiary/aromatic N) is 1. The van der Waals surface area contributed by atoms with E-state index in [0.29, 0.717) is 6.54 Å². The van der Waals surface area contributed by atoms with Gasteiger partial charge in [0.1, 0.15) is 0 Å². The number of unbranched alkanes of at least 4 members (excludes halogenated alkanes) is 1. The van der Waals surface area contributed by atoms with Crippen LogP contribution in [0.1, 0.15) is 55.0 Å². The Balaban J connectivity index is 1.77. The van der Waals surface area contributed by atoms with Crippen LogP contribution in [0.2, 0.25) is 0 Å². The third-order valence-corrected chi connectivity index (χ3v) is 7.11. The number of hydrogen-bond donors (Lipinski definition) is 3. The van der Waals surface area contributed by atoms with Gasteiger partial charge in [0.15, 0.2) is 0 Å². The lowest BCUT2D eigenvalue weighted by molar-refractivity contribution is 0.296. The van der Waals surface area contributed by atoms with Crippen molar-refractivity contribution in [2.75, 3.05) is 18.8 Å². The number of benzene rings is 3. The Morgan fingerprint density at radius 3 is 2.34 bits per heavy atom. The van der Waals surface area contributed by atoms with Crippen molar-refractivity contribution in [1.29, 1.82) is 0 Å². The van der Waals surface area contributed by atoms with Gasteiger partial charge >= 0.3 is 0 Å². The monoisotopic (exact) mass is 508 g/mol. The maximum Gasteiger partial charge on any atom is 0.0593 e. The van der Waals surface area contributed by atoms with E-state index in [4.69, 9.17) is 5.73 Å². The van der Waals surface area contributed by atoms with E-state index in [1.165, 1.54) is 16.7 Å². The molecule has 3 rings (SSSR count). The minimum atomic E-state index is -0.00468. The Hall–Kier alpha value is -3.92. The van der Waals surface area contributed by atoms with E-state index in [-0.39, 0.29) is 12.0 Å². The van der Waals surface area contributed by atoms with Crippen LogP contribution in [0.5, 0.6) is 0 Å². The predicted molar refractivity (Wildman–Crippen MR) is 164 cm³/mol. The van der Waals surface area contributed by atoms with Crippen LogP contribution in [0.15, 0.2) is 110 Å². The second kappa shape index (κ2) is 14.1. The molecule has 4 heteroatoms. The lowest BCUT2D eigenvalue weighted by Crippen LogP contribution is -2.36. The number of nitrogens with two attached hydrogens (primary N) is 1. The Labute approximate surface area is 230 Å². The van der Waals surface area contributed by atoms with Crippen molar-refractivity contribution >= 4 is 11.4 Å².